The van der Waals surface area contributed by atoms with Gasteiger partial charge in [-0.15, -0.1) is 0 Å². The Bertz CT molecular complexity index is 671. The van der Waals surface area contributed by atoms with E-state index >= 15 is 0 Å². The van der Waals surface area contributed by atoms with Crippen LogP contribution in [-0.4, -0.2) is 54.4 Å². The fourth-order valence-corrected chi connectivity index (χ4v) is 3.26. The molecule has 1 atom stereocenters. The van der Waals surface area contributed by atoms with Crippen LogP contribution in [0.15, 0.2) is 41.4 Å². The third-order valence-electron chi connectivity index (χ3n) is 3.74. The average Bonchev–Trinajstić information content (AvgIpc) is 2.91. The maximum Gasteiger partial charge on any atom is 0.286 e. The number of nitrogens with one attached hydrogen (secondary N) is 1. The zero-order valence-corrected chi connectivity index (χ0v) is 15.5. The van der Waals surface area contributed by atoms with Gasteiger partial charge in [0.2, 0.25) is 5.91 Å². The van der Waals surface area contributed by atoms with E-state index in [-0.39, 0.29) is 16.4 Å². The zero-order chi connectivity index (χ0) is 18.2. The number of hydrogen-bond acceptors (Lipinski definition) is 5. The highest BCUT2D eigenvalue weighted by Gasteiger charge is 2.31. The third kappa shape index (κ3) is 5.63. The van der Waals surface area contributed by atoms with E-state index < -0.39 is 0 Å². The molecule has 0 saturated carbocycles. The van der Waals surface area contributed by atoms with Crippen LogP contribution in [0.3, 0.4) is 0 Å². The van der Waals surface area contributed by atoms with E-state index in [9.17, 15) is 9.59 Å². The van der Waals surface area contributed by atoms with Crippen molar-refractivity contribution >= 4 is 28.7 Å². The summed E-state index contributed by atoms with van der Waals surface area (Å²) in [6, 6.07) is 7.62. The van der Waals surface area contributed by atoms with E-state index in [0.29, 0.717) is 13.0 Å². The van der Waals surface area contributed by atoms with E-state index in [0.717, 1.165) is 35.5 Å². The van der Waals surface area contributed by atoms with Gasteiger partial charge in [0, 0.05) is 14.1 Å². The highest BCUT2D eigenvalue weighted by atomic mass is 32.2. The minimum atomic E-state index is -0.341. The molecular weight excluding hydrogens is 338 g/mol. The van der Waals surface area contributed by atoms with Crippen LogP contribution >= 0.6 is 11.8 Å². The highest BCUT2D eigenvalue weighted by molar-refractivity contribution is 8.15. The lowest BCUT2D eigenvalue weighted by Crippen LogP contribution is -2.29. The first kappa shape index (κ1) is 19.1. The van der Waals surface area contributed by atoms with Crippen LogP contribution < -0.4 is 10.1 Å². The van der Waals surface area contributed by atoms with Crippen molar-refractivity contribution in [2.24, 2.45) is 4.99 Å². The molecule has 2 amide bonds. The number of hydrogen-bond donors (Lipinski definition) is 1. The Labute approximate surface area is 152 Å². The van der Waals surface area contributed by atoms with Crippen LogP contribution in [0.1, 0.15) is 12.5 Å². The minimum Gasteiger partial charge on any atom is -0.492 e. The summed E-state index contributed by atoms with van der Waals surface area (Å²) in [5.41, 5.74) is 1.00. The number of benzene rings is 1. The van der Waals surface area contributed by atoms with Crippen LogP contribution in [0.25, 0.3) is 0 Å². The first-order valence-electron chi connectivity index (χ1n) is 8.07. The number of rotatable bonds is 7. The number of nitrogens with zero attached hydrogens (tertiary/aromatic N) is 2. The predicted molar refractivity (Wildman–Crippen MR) is 101 cm³/mol. The Morgan fingerprint density at radius 2 is 2.08 bits per heavy atom. The first-order chi connectivity index (χ1) is 12.0. The number of amidine groups is 1. The Balaban J connectivity index is 1.80. The van der Waals surface area contributed by atoms with Crippen LogP contribution in [0.4, 0.5) is 4.79 Å². The van der Waals surface area contributed by atoms with Gasteiger partial charge in [-0.05, 0) is 37.1 Å². The zero-order valence-electron chi connectivity index (χ0n) is 14.7. The summed E-state index contributed by atoms with van der Waals surface area (Å²) in [5.74, 6) is 1.47. The van der Waals surface area contributed by atoms with E-state index in [2.05, 4.69) is 10.3 Å². The van der Waals surface area contributed by atoms with Crippen molar-refractivity contribution in [1.82, 2.24) is 10.2 Å². The standard InChI is InChI=1S/C18H23N3O3S/c1-4-5-16(19-2)21(3)10-11-24-14-8-6-13(7-9-14)12-15-17(22)20-18(23)25-15/h4-9,15H,10-12H2,1-3H3,(H,20,22,23)/b5-4-,19-16?. The quantitative estimate of drug-likeness (QED) is 0.597. The van der Waals surface area contributed by atoms with Crippen molar-refractivity contribution in [1.29, 1.82) is 0 Å². The van der Waals surface area contributed by atoms with Gasteiger partial charge >= 0.3 is 0 Å². The van der Waals surface area contributed by atoms with Crippen LogP contribution in [-0.2, 0) is 11.2 Å². The van der Waals surface area contributed by atoms with Gasteiger partial charge in [-0.3, -0.25) is 19.9 Å². The normalized spacial score (nSPS) is 17.9. The van der Waals surface area contributed by atoms with Gasteiger partial charge < -0.3 is 9.64 Å². The van der Waals surface area contributed by atoms with E-state index in [1.807, 2.05) is 55.3 Å². The van der Waals surface area contributed by atoms with Crippen molar-refractivity contribution in [3.05, 3.63) is 42.0 Å². The van der Waals surface area contributed by atoms with Gasteiger partial charge in [0.15, 0.2) is 0 Å². The molecule has 0 bridgehead atoms. The Hall–Kier alpha value is -2.28. The summed E-state index contributed by atoms with van der Waals surface area (Å²) in [6.45, 7) is 3.22. The molecule has 1 aliphatic heterocycles. The van der Waals surface area contributed by atoms with Gasteiger partial charge in [-0.25, -0.2) is 0 Å². The van der Waals surface area contributed by atoms with Gasteiger partial charge in [-0.2, -0.15) is 0 Å². The summed E-state index contributed by atoms with van der Waals surface area (Å²) in [4.78, 5) is 29.0. The molecule has 0 aliphatic carbocycles. The number of likely N-dealkylation sites (N-methyl/N-ethyl adjacent to an activating group) is 1. The topological polar surface area (TPSA) is 71.0 Å². The van der Waals surface area contributed by atoms with Crippen molar-refractivity contribution in [2.45, 2.75) is 18.6 Å². The Morgan fingerprint density at radius 3 is 2.64 bits per heavy atom. The highest BCUT2D eigenvalue weighted by Crippen LogP contribution is 2.23. The maximum atomic E-state index is 11.6. The monoisotopic (exact) mass is 361 g/mol. The average molecular weight is 361 g/mol. The molecule has 1 aliphatic rings. The number of carbonyl (C=O) groups excluding carboxylic acids is 2. The number of carbonyl (C=O) groups is 2. The number of imide groups is 1. The summed E-state index contributed by atoms with van der Waals surface area (Å²) in [6.07, 6.45) is 4.44. The lowest BCUT2D eigenvalue weighted by Gasteiger charge is -2.19. The molecule has 25 heavy (non-hydrogen) atoms. The summed E-state index contributed by atoms with van der Waals surface area (Å²) in [7, 11) is 3.74. The molecule has 134 valence electrons. The molecule has 1 aromatic carbocycles. The summed E-state index contributed by atoms with van der Waals surface area (Å²) >= 11 is 1.05. The smallest absolute Gasteiger partial charge is 0.286 e. The molecule has 0 radical (unpaired) electrons. The number of ether oxygens (including phenoxy) is 1. The molecule has 0 spiro atoms. The summed E-state index contributed by atoms with van der Waals surface area (Å²) < 4.78 is 5.75. The van der Waals surface area contributed by atoms with Crippen molar-refractivity contribution in [3.63, 3.8) is 0 Å². The SMILES string of the molecule is C/C=C\C(=NC)N(C)CCOc1ccc(CC2SC(=O)NC2=O)cc1. The summed E-state index contributed by atoms with van der Waals surface area (Å²) in [5, 5.41) is 1.69. The maximum absolute atomic E-state index is 11.6. The molecule has 1 aromatic rings. The molecule has 0 aromatic heterocycles. The van der Waals surface area contributed by atoms with Crippen LogP contribution in [0.2, 0.25) is 0 Å². The molecule has 2 rings (SSSR count). The lowest BCUT2D eigenvalue weighted by molar-refractivity contribution is -0.118. The van der Waals surface area contributed by atoms with Crippen molar-refractivity contribution < 1.29 is 14.3 Å². The van der Waals surface area contributed by atoms with Gasteiger partial charge in [0.25, 0.3) is 5.24 Å². The molecular formula is C18H23N3O3S. The largest absolute Gasteiger partial charge is 0.492 e. The Kier molecular flexibility index (Phi) is 7.06. The van der Waals surface area contributed by atoms with E-state index in [1.165, 1.54) is 0 Å². The van der Waals surface area contributed by atoms with Crippen LogP contribution in [0.5, 0.6) is 5.75 Å². The fraction of sp³-hybridized carbons (Fsp3) is 0.389. The minimum absolute atomic E-state index is 0.215. The van der Waals surface area contributed by atoms with Gasteiger partial charge in [0.1, 0.15) is 18.2 Å². The van der Waals surface area contributed by atoms with E-state index in [4.69, 9.17) is 4.74 Å². The van der Waals surface area contributed by atoms with E-state index in [1.54, 1.807) is 7.05 Å². The first-order valence-corrected chi connectivity index (χ1v) is 8.95. The predicted octanol–water partition coefficient (Wildman–Crippen LogP) is 2.50. The number of thioether (sulfide) groups is 1. The van der Waals surface area contributed by atoms with Crippen molar-refractivity contribution in [2.75, 3.05) is 27.2 Å². The molecule has 1 unspecified atom stereocenters. The number of allylic oxidation sites excluding steroid dienone is 1. The number of amides is 2. The Morgan fingerprint density at radius 1 is 1.36 bits per heavy atom. The van der Waals surface area contributed by atoms with Crippen LogP contribution in [0, 0.1) is 0 Å². The molecule has 6 nitrogen and oxygen atoms in total. The van der Waals surface area contributed by atoms with Gasteiger partial charge in [-0.1, -0.05) is 30.0 Å². The second-order valence-corrected chi connectivity index (χ2v) is 6.76. The second kappa shape index (κ2) is 9.27. The van der Waals surface area contributed by atoms with Gasteiger partial charge in [0.05, 0.1) is 11.8 Å². The molecule has 1 fully saturated rings. The van der Waals surface area contributed by atoms with Crippen molar-refractivity contribution in [3.8, 4) is 5.75 Å². The molecule has 1 heterocycles. The second-order valence-electron chi connectivity index (χ2n) is 5.58. The molecule has 1 N–H and O–H groups in total. The lowest BCUT2D eigenvalue weighted by atomic mass is 10.1. The number of aliphatic imine (C=N–C) groups is 1. The molecule has 1 saturated heterocycles. The fourth-order valence-electron chi connectivity index (χ4n) is 2.40. The molecule has 7 heteroatoms. The third-order valence-corrected chi connectivity index (χ3v) is 4.72.